The molecule has 0 saturated carbocycles. The van der Waals surface area contributed by atoms with Crippen molar-refractivity contribution in [3.8, 4) is 0 Å². The van der Waals surface area contributed by atoms with Gasteiger partial charge in [0.15, 0.2) is 0 Å². The molecule has 0 spiro atoms. The van der Waals surface area contributed by atoms with E-state index in [0.717, 1.165) is 26.3 Å². The molecule has 112 valence electrons. The van der Waals surface area contributed by atoms with Crippen molar-refractivity contribution in [1.82, 2.24) is 4.57 Å². The Labute approximate surface area is 142 Å². The van der Waals surface area contributed by atoms with Crippen LogP contribution in [0.4, 0.5) is 5.69 Å². The van der Waals surface area contributed by atoms with Crippen molar-refractivity contribution >= 4 is 43.4 Å². The van der Waals surface area contributed by atoms with Crippen molar-refractivity contribution in [2.75, 3.05) is 0 Å². The van der Waals surface area contributed by atoms with E-state index >= 15 is 0 Å². The summed E-state index contributed by atoms with van der Waals surface area (Å²) >= 11 is 3.60. The third-order valence-electron chi connectivity index (χ3n) is 4.13. The molecule has 2 nitrogen and oxygen atoms in total. The first-order chi connectivity index (χ1) is 11.3. The fourth-order valence-corrected chi connectivity index (χ4v) is 3.36. The third kappa shape index (κ3) is 2.37. The van der Waals surface area contributed by atoms with Crippen molar-refractivity contribution in [2.45, 2.75) is 0 Å². The van der Waals surface area contributed by atoms with Crippen LogP contribution in [0.2, 0.25) is 0 Å². The van der Waals surface area contributed by atoms with Gasteiger partial charge >= 0.3 is 0 Å². The Morgan fingerprint density at radius 3 is 1.87 bits per heavy atom. The molecule has 3 aromatic carbocycles. The lowest BCUT2D eigenvalue weighted by Gasteiger charge is -2.12. The molecule has 23 heavy (non-hydrogen) atoms. The highest BCUT2D eigenvalue weighted by Gasteiger charge is 2.07. The second kappa shape index (κ2) is 5.67. The number of hydrogen-bond donors (Lipinski definition) is 0. The Bertz CT molecular complexity index is 1030. The second-order valence-corrected chi connectivity index (χ2v) is 6.36. The van der Waals surface area contributed by atoms with Gasteiger partial charge in [-0.25, -0.2) is 4.99 Å². The molecule has 1 heterocycles. The number of benzene rings is 3. The monoisotopic (exact) mass is 362 g/mol. The molecule has 0 aliphatic heterocycles. The van der Waals surface area contributed by atoms with Crippen LogP contribution in [0, 0.1) is 0 Å². The highest BCUT2D eigenvalue weighted by Crippen LogP contribution is 2.25. The van der Waals surface area contributed by atoms with Crippen LogP contribution >= 0.6 is 15.9 Å². The summed E-state index contributed by atoms with van der Waals surface area (Å²) in [7, 11) is 2.10. The number of pyridine rings is 1. The van der Waals surface area contributed by atoms with Gasteiger partial charge in [-0.1, -0.05) is 48.5 Å². The van der Waals surface area contributed by atoms with Crippen LogP contribution in [0.15, 0.2) is 82.3 Å². The molecule has 4 aromatic rings. The zero-order chi connectivity index (χ0) is 15.8. The van der Waals surface area contributed by atoms with Gasteiger partial charge in [0.25, 0.3) is 0 Å². The van der Waals surface area contributed by atoms with Crippen molar-refractivity contribution in [1.29, 1.82) is 0 Å². The van der Waals surface area contributed by atoms with E-state index in [0.29, 0.717) is 0 Å². The van der Waals surface area contributed by atoms with Gasteiger partial charge in [0.1, 0.15) is 0 Å². The van der Waals surface area contributed by atoms with E-state index in [2.05, 4.69) is 76.1 Å². The van der Waals surface area contributed by atoms with Gasteiger partial charge in [-0.3, -0.25) is 0 Å². The summed E-state index contributed by atoms with van der Waals surface area (Å²) in [5.41, 5.74) is 3.30. The van der Waals surface area contributed by atoms with Crippen LogP contribution in [0.3, 0.4) is 0 Å². The molecule has 0 atom stereocenters. The van der Waals surface area contributed by atoms with Crippen molar-refractivity contribution in [2.24, 2.45) is 12.0 Å². The molecule has 4 rings (SSSR count). The molecule has 0 unspecified atom stereocenters. The van der Waals surface area contributed by atoms with Crippen LogP contribution in [0.5, 0.6) is 0 Å². The molecule has 0 aliphatic carbocycles. The maximum absolute atomic E-state index is 4.98. The van der Waals surface area contributed by atoms with Gasteiger partial charge in [0.2, 0.25) is 0 Å². The molecule has 1 aromatic heterocycles. The number of aromatic nitrogens is 1. The molecule has 0 radical (unpaired) electrons. The molecule has 3 heteroatoms. The maximum atomic E-state index is 4.98. The average Bonchev–Trinajstić information content (AvgIpc) is 2.60. The second-order valence-electron chi connectivity index (χ2n) is 5.51. The topological polar surface area (TPSA) is 17.3 Å². The van der Waals surface area contributed by atoms with Crippen LogP contribution in [-0.2, 0) is 7.05 Å². The molecule has 0 aliphatic rings. The Hall–Kier alpha value is -2.39. The summed E-state index contributed by atoms with van der Waals surface area (Å²) in [6.45, 7) is 0. The number of hydrogen-bond acceptors (Lipinski definition) is 1. The van der Waals surface area contributed by atoms with Gasteiger partial charge in [0.05, 0.1) is 22.1 Å². The van der Waals surface area contributed by atoms with Crippen molar-refractivity contribution in [3.05, 3.63) is 82.6 Å². The van der Waals surface area contributed by atoms with Crippen LogP contribution in [0.1, 0.15) is 0 Å². The van der Waals surface area contributed by atoms with Crippen LogP contribution in [-0.4, -0.2) is 4.57 Å². The predicted octanol–water partition coefficient (Wildman–Crippen LogP) is 5.33. The van der Waals surface area contributed by atoms with E-state index in [-0.39, 0.29) is 0 Å². The lowest BCUT2D eigenvalue weighted by atomic mass is 10.1. The number of fused-ring (bicyclic) bond motifs is 2. The number of nitrogens with zero attached hydrogens (tertiary/aromatic N) is 2. The van der Waals surface area contributed by atoms with Crippen molar-refractivity contribution < 1.29 is 0 Å². The van der Waals surface area contributed by atoms with Crippen LogP contribution in [0.25, 0.3) is 21.8 Å². The Morgan fingerprint density at radius 2 is 1.26 bits per heavy atom. The third-order valence-corrected chi connectivity index (χ3v) is 4.80. The maximum Gasteiger partial charge on any atom is 0.0823 e. The minimum Gasteiger partial charge on any atom is -0.344 e. The summed E-state index contributed by atoms with van der Waals surface area (Å²) in [5.74, 6) is 0. The minimum atomic E-state index is 0.941. The fourth-order valence-electron chi connectivity index (χ4n) is 2.99. The number of halogens is 1. The van der Waals surface area contributed by atoms with Crippen LogP contribution < -0.4 is 5.36 Å². The largest absolute Gasteiger partial charge is 0.344 e. The van der Waals surface area contributed by atoms with Gasteiger partial charge in [0, 0.05) is 22.3 Å². The van der Waals surface area contributed by atoms with E-state index < -0.39 is 0 Å². The Kier molecular flexibility index (Phi) is 3.50. The zero-order valence-electron chi connectivity index (χ0n) is 12.7. The van der Waals surface area contributed by atoms with E-state index in [1.165, 1.54) is 11.0 Å². The summed E-state index contributed by atoms with van der Waals surface area (Å²) in [4.78, 5) is 4.98. The minimum absolute atomic E-state index is 0.941. The van der Waals surface area contributed by atoms with Crippen molar-refractivity contribution in [3.63, 3.8) is 0 Å². The van der Waals surface area contributed by atoms with Gasteiger partial charge < -0.3 is 4.57 Å². The fraction of sp³-hybridized carbons (Fsp3) is 0.0500. The van der Waals surface area contributed by atoms with Gasteiger partial charge in [-0.2, -0.15) is 0 Å². The standard InChI is InChI=1S/C20H15BrN2/c1-23-18-12-6-2-8-14(18)20(15-9-3-7-13-19(15)23)22-17-11-5-4-10-16(17)21/h2-13H,1H3. The lowest BCUT2D eigenvalue weighted by molar-refractivity contribution is 1.00. The Balaban J connectivity index is 2.24. The van der Waals surface area contributed by atoms with E-state index in [1.54, 1.807) is 0 Å². The molecular formula is C20H15BrN2. The quantitative estimate of drug-likeness (QED) is 0.407. The summed E-state index contributed by atoms with van der Waals surface area (Å²) in [6.07, 6.45) is 0. The lowest BCUT2D eigenvalue weighted by Crippen LogP contribution is -2.10. The normalized spacial score (nSPS) is 11.0. The first kappa shape index (κ1) is 14.2. The Morgan fingerprint density at radius 1 is 0.739 bits per heavy atom. The average molecular weight is 363 g/mol. The highest BCUT2D eigenvalue weighted by atomic mass is 79.9. The molecule has 0 saturated heterocycles. The molecule has 0 fully saturated rings. The zero-order valence-corrected chi connectivity index (χ0v) is 14.3. The van der Waals surface area contributed by atoms with E-state index in [9.17, 15) is 0 Å². The van der Waals surface area contributed by atoms with Gasteiger partial charge in [-0.15, -0.1) is 0 Å². The SMILES string of the molecule is Cn1c2ccccc2c(=Nc2ccccc2Br)c2ccccc21. The van der Waals surface area contributed by atoms with Gasteiger partial charge in [-0.05, 0) is 40.2 Å². The summed E-state index contributed by atoms with van der Waals surface area (Å²) in [5, 5.41) is 3.33. The number of aryl methyl sites for hydroxylation is 1. The molecule has 0 N–H and O–H groups in total. The number of rotatable bonds is 1. The summed E-state index contributed by atoms with van der Waals surface area (Å²) in [6, 6.07) is 24.9. The smallest absolute Gasteiger partial charge is 0.0823 e. The highest BCUT2D eigenvalue weighted by molar-refractivity contribution is 9.10. The molecule has 0 bridgehead atoms. The molecule has 0 amide bonds. The first-order valence-corrected chi connectivity index (χ1v) is 8.31. The predicted molar refractivity (Wildman–Crippen MR) is 99.8 cm³/mol. The molecular weight excluding hydrogens is 348 g/mol. The first-order valence-electron chi connectivity index (χ1n) is 7.51. The van der Waals surface area contributed by atoms with E-state index in [1.807, 2.05) is 24.3 Å². The summed E-state index contributed by atoms with van der Waals surface area (Å²) < 4.78 is 3.23. The van der Waals surface area contributed by atoms with E-state index in [4.69, 9.17) is 4.99 Å². The number of para-hydroxylation sites is 3.